The average Bonchev–Trinajstić information content (AvgIpc) is 2.76. The van der Waals surface area contributed by atoms with E-state index in [0.717, 1.165) is 16.0 Å². The van der Waals surface area contributed by atoms with Gasteiger partial charge in [-0.3, -0.25) is 0 Å². The molecule has 0 bridgehead atoms. The zero-order chi connectivity index (χ0) is 13.6. The molecule has 1 aliphatic carbocycles. The Balaban J connectivity index is 2.20. The van der Waals surface area contributed by atoms with E-state index >= 15 is 0 Å². The maximum Gasteiger partial charge on any atom is 0.231 e. The largest absolute Gasteiger partial charge is 0.454 e. The molecule has 19 heavy (non-hydrogen) atoms. The Kier molecular flexibility index (Phi) is 3.26. The van der Waals surface area contributed by atoms with E-state index in [2.05, 4.69) is 35.8 Å². The molecule has 0 aromatic heterocycles. The van der Waals surface area contributed by atoms with E-state index in [-0.39, 0.29) is 5.41 Å². The van der Waals surface area contributed by atoms with Gasteiger partial charge in [-0.2, -0.15) is 0 Å². The first-order valence-corrected chi connectivity index (χ1v) is 7.71. The van der Waals surface area contributed by atoms with Gasteiger partial charge in [0.25, 0.3) is 0 Å². The summed E-state index contributed by atoms with van der Waals surface area (Å²) in [6.45, 7) is 5.45. The first kappa shape index (κ1) is 13.3. The van der Waals surface area contributed by atoms with Crippen LogP contribution in [0.3, 0.4) is 0 Å². The van der Waals surface area contributed by atoms with Gasteiger partial charge < -0.3 is 15.2 Å². The fourth-order valence-electron chi connectivity index (χ4n) is 3.21. The molecule has 0 saturated heterocycles. The molecule has 2 aliphatic rings. The lowest BCUT2D eigenvalue weighted by Crippen LogP contribution is -2.42. The number of nitrogens with two attached hydrogens (primary N) is 1. The smallest absolute Gasteiger partial charge is 0.231 e. The molecular weight excluding hydrogens is 306 g/mol. The van der Waals surface area contributed by atoms with Crippen molar-refractivity contribution in [2.75, 3.05) is 13.3 Å². The first-order valence-electron chi connectivity index (χ1n) is 6.91. The van der Waals surface area contributed by atoms with E-state index < -0.39 is 0 Å². The Morgan fingerprint density at radius 3 is 2.63 bits per heavy atom. The summed E-state index contributed by atoms with van der Waals surface area (Å²) in [6, 6.07) is 2.16. The minimum Gasteiger partial charge on any atom is -0.454 e. The van der Waals surface area contributed by atoms with Crippen LogP contribution in [-0.4, -0.2) is 13.3 Å². The normalized spacial score (nSPS) is 19.6. The minimum absolute atomic E-state index is 0.142. The summed E-state index contributed by atoms with van der Waals surface area (Å²) < 4.78 is 12.2. The summed E-state index contributed by atoms with van der Waals surface area (Å²) >= 11 is 3.71. The lowest BCUT2D eigenvalue weighted by molar-refractivity contribution is 0.173. The predicted octanol–water partition coefficient (Wildman–Crippen LogP) is 3.68. The number of benzene rings is 1. The lowest BCUT2D eigenvalue weighted by Gasteiger charge is -2.43. The quantitative estimate of drug-likeness (QED) is 0.921. The van der Waals surface area contributed by atoms with E-state index in [0.29, 0.717) is 19.3 Å². The summed E-state index contributed by atoms with van der Waals surface area (Å²) in [6.07, 6.45) is 3.62. The van der Waals surface area contributed by atoms with Crippen molar-refractivity contribution < 1.29 is 9.47 Å². The summed E-state index contributed by atoms with van der Waals surface area (Å²) in [5.74, 6) is 2.13. The Labute approximate surface area is 122 Å². The van der Waals surface area contributed by atoms with Gasteiger partial charge >= 0.3 is 0 Å². The molecule has 1 saturated carbocycles. The van der Waals surface area contributed by atoms with Crippen molar-refractivity contribution in [1.29, 1.82) is 0 Å². The van der Waals surface area contributed by atoms with Crippen molar-refractivity contribution in [2.24, 2.45) is 5.73 Å². The van der Waals surface area contributed by atoms with Crippen LogP contribution in [0.4, 0.5) is 0 Å². The average molecular weight is 326 g/mol. The van der Waals surface area contributed by atoms with Crippen LogP contribution in [0.25, 0.3) is 0 Å². The Morgan fingerprint density at radius 1 is 1.37 bits per heavy atom. The molecule has 0 spiro atoms. The van der Waals surface area contributed by atoms with Gasteiger partial charge in [0.2, 0.25) is 6.79 Å². The molecule has 104 valence electrons. The fourth-order valence-corrected chi connectivity index (χ4v) is 4.19. The predicted molar refractivity (Wildman–Crippen MR) is 78.9 cm³/mol. The molecule has 1 aliphatic heterocycles. The zero-order valence-corrected chi connectivity index (χ0v) is 13.0. The number of hydrogen-bond acceptors (Lipinski definition) is 3. The molecule has 3 nitrogen and oxygen atoms in total. The molecule has 0 radical (unpaired) electrons. The molecule has 2 N–H and O–H groups in total. The van der Waals surface area contributed by atoms with Crippen molar-refractivity contribution in [3.05, 3.63) is 21.7 Å². The Bertz CT molecular complexity index is 504. The number of ether oxygens (including phenoxy) is 2. The molecule has 1 heterocycles. The number of rotatable bonds is 3. The summed E-state index contributed by atoms with van der Waals surface area (Å²) in [4.78, 5) is 0. The zero-order valence-electron chi connectivity index (χ0n) is 11.5. The van der Waals surface area contributed by atoms with Crippen LogP contribution < -0.4 is 15.2 Å². The SMILES string of the molecule is CC(C)c1c(C2(CN)CCC2)cc2c(c1Br)OCO2. The third-order valence-electron chi connectivity index (χ3n) is 4.49. The van der Waals surface area contributed by atoms with E-state index in [9.17, 15) is 0 Å². The van der Waals surface area contributed by atoms with Crippen LogP contribution in [0.5, 0.6) is 11.5 Å². The van der Waals surface area contributed by atoms with Gasteiger partial charge in [0.1, 0.15) is 0 Å². The van der Waals surface area contributed by atoms with Gasteiger partial charge in [-0.15, -0.1) is 0 Å². The maximum absolute atomic E-state index is 6.08. The summed E-state index contributed by atoms with van der Waals surface area (Å²) in [7, 11) is 0. The van der Waals surface area contributed by atoms with Gasteiger partial charge in [-0.25, -0.2) is 0 Å². The molecular formula is C15H20BrNO2. The van der Waals surface area contributed by atoms with Crippen LogP contribution in [0, 0.1) is 0 Å². The number of hydrogen-bond donors (Lipinski definition) is 1. The first-order chi connectivity index (χ1) is 9.09. The summed E-state index contributed by atoms with van der Waals surface area (Å²) in [5, 5.41) is 0. The van der Waals surface area contributed by atoms with Gasteiger partial charge in [0, 0.05) is 12.0 Å². The number of halogens is 1. The lowest BCUT2D eigenvalue weighted by atomic mass is 9.62. The van der Waals surface area contributed by atoms with Crippen molar-refractivity contribution in [2.45, 2.75) is 44.4 Å². The van der Waals surface area contributed by atoms with Crippen LogP contribution in [0.2, 0.25) is 0 Å². The molecule has 1 aromatic carbocycles. The molecule has 0 unspecified atom stereocenters. The standard InChI is InChI=1S/C15H20BrNO2/c1-9(2)12-10(15(7-17)4-3-5-15)6-11-14(13(12)16)19-8-18-11/h6,9H,3-5,7-8,17H2,1-2H3. The second-order valence-electron chi connectivity index (χ2n) is 5.88. The van der Waals surface area contributed by atoms with Gasteiger partial charge in [-0.05, 0) is 51.9 Å². The molecule has 0 atom stereocenters. The molecule has 1 fully saturated rings. The molecule has 4 heteroatoms. The second kappa shape index (κ2) is 4.67. The maximum atomic E-state index is 6.08. The minimum atomic E-state index is 0.142. The van der Waals surface area contributed by atoms with Crippen LogP contribution in [-0.2, 0) is 5.41 Å². The highest BCUT2D eigenvalue weighted by Gasteiger charge is 2.41. The highest BCUT2D eigenvalue weighted by molar-refractivity contribution is 9.10. The third kappa shape index (κ3) is 1.88. The molecule has 0 amide bonds. The molecule has 3 rings (SSSR count). The fraction of sp³-hybridized carbons (Fsp3) is 0.600. The van der Waals surface area contributed by atoms with Gasteiger partial charge in [0.05, 0.1) is 4.47 Å². The van der Waals surface area contributed by atoms with Crippen LogP contribution >= 0.6 is 15.9 Å². The van der Waals surface area contributed by atoms with Crippen LogP contribution in [0.15, 0.2) is 10.5 Å². The highest BCUT2D eigenvalue weighted by atomic mass is 79.9. The Hall–Kier alpha value is -0.740. The third-order valence-corrected chi connectivity index (χ3v) is 5.28. The van der Waals surface area contributed by atoms with Gasteiger partial charge in [0.15, 0.2) is 11.5 Å². The van der Waals surface area contributed by atoms with Crippen molar-refractivity contribution in [3.8, 4) is 11.5 Å². The summed E-state index contributed by atoms with van der Waals surface area (Å²) in [5.41, 5.74) is 8.90. The molecule has 1 aromatic rings. The van der Waals surface area contributed by atoms with Crippen molar-refractivity contribution >= 4 is 15.9 Å². The van der Waals surface area contributed by atoms with Crippen LogP contribution in [0.1, 0.15) is 50.2 Å². The second-order valence-corrected chi connectivity index (χ2v) is 6.67. The highest BCUT2D eigenvalue weighted by Crippen LogP contribution is 2.52. The monoisotopic (exact) mass is 325 g/mol. The van der Waals surface area contributed by atoms with Crippen molar-refractivity contribution in [3.63, 3.8) is 0 Å². The van der Waals surface area contributed by atoms with E-state index in [1.54, 1.807) is 0 Å². The Morgan fingerprint density at radius 2 is 2.11 bits per heavy atom. The number of fused-ring (bicyclic) bond motifs is 1. The van der Waals surface area contributed by atoms with Gasteiger partial charge in [-0.1, -0.05) is 20.3 Å². The van der Waals surface area contributed by atoms with Crippen molar-refractivity contribution in [1.82, 2.24) is 0 Å². The topological polar surface area (TPSA) is 44.5 Å². The van der Waals surface area contributed by atoms with E-state index in [1.165, 1.54) is 30.4 Å². The van der Waals surface area contributed by atoms with E-state index in [1.807, 2.05) is 0 Å². The van der Waals surface area contributed by atoms with E-state index in [4.69, 9.17) is 15.2 Å².